The molecule has 2 aliphatic rings. The molecular formula is C21H28N4O4S. The van der Waals surface area contributed by atoms with Crippen molar-refractivity contribution in [3.8, 4) is 5.75 Å². The molecule has 1 unspecified atom stereocenters. The molecule has 1 amide bonds. The number of amides is 1. The number of carbonyl (C=O) groups excluding carboxylic acids is 1. The van der Waals surface area contributed by atoms with Crippen LogP contribution in [0.3, 0.4) is 0 Å². The van der Waals surface area contributed by atoms with Gasteiger partial charge in [-0.1, -0.05) is 0 Å². The van der Waals surface area contributed by atoms with Crippen LogP contribution in [-0.2, 0) is 9.84 Å². The molecule has 2 saturated heterocycles. The zero-order valence-corrected chi connectivity index (χ0v) is 18.5. The molecule has 0 N–H and O–H groups in total. The highest BCUT2D eigenvalue weighted by atomic mass is 32.2. The van der Waals surface area contributed by atoms with Crippen LogP contribution in [-0.4, -0.2) is 73.8 Å². The summed E-state index contributed by atoms with van der Waals surface area (Å²) < 4.78 is 30.7. The van der Waals surface area contributed by atoms with Crippen LogP contribution >= 0.6 is 0 Å². The Labute approximate surface area is 177 Å². The molecule has 0 spiro atoms. The highest BCUT2D eigenvalue weighted by Crippen LogP contribution is 2.28. The molecule has 0 bridgehead atoms. The van der Waals surface area contributed by atoms with Crippen molar-refractivity contribution in [3.63, 3.8) is 0 Å². The Balaban J connectivity index is 1.45. The van der Waals surface area contributed by atoms with Crippen molar-refractivity contribution in [3.05, 3.63) is 41.2 Å². The number of anilines is 1. The van der Waals surface area contributed by atoms with E-state index < -0.39 is 9.84 Å². The first-order valence-corrected chi connectivity index (χ1v) is 12.1. The van der Waals surface area contributed by atoms with E-state index in [1.807, 2.05) is 43.0 Å². The number of ether oxygens (including phenoxy) is 1. The van der Waals surface area contributed by atoms with Crippen LogP contribution in [0.15, 0.2) is 24.3 Å². The number of benzene rings is 1. The molecule has 9 heteroatoms. The molecule has 0 aliphatic carbocycles. The third-order valence-corrected chi connectivity index (χ3v) is 7.85. The first kappa shape index (κ1) is 20.7. The lowest BCUT2D eigenvalue weighted by molar-refractivity contribution is 0.0745. The van der Waals surface area contributed by atoms with Gasteiger partial charge in [0.2, 0.25) is 0 Å². The lowest BCUT2D eigenvalue weighted by atomic mass is 10.1. The van der Waals surface area contributed by atoms with E-state index in [2.05, 4.69) is 10.00 Å². The molecule has 1 aromatic carbocycles. The maximum atomic E-state index is 13.2. The fourth-order valence-electron chi connectivity index (χ4n) is 4.42. The highest BCUT2D eigenvalue weighted by Gasteiger charge is 2.33. The molecule has 0 radical (unpaired) electrons. The van der Waals surface area contributed by atoms with E-state index in [-0.39, 0.29) is 23.5 Å². The number of aromatic nitrogens is 2. The Morgan fingerprint density at radius 2 is 1.77 bits per heavy atom. The predicted molar refractivity (Wildman–Crippen MR) is 115 cm³/mol. The van der Waals surface area contributed by atoms with E-state index in [0.29, 0.717) is 30.8 Å². The number of methoxy groups -OCH3 is 1. The number of piperazine rings is 1. The van der Waals surface area contributed by atoms with Gasteiger partial charge < -0.3 is 14.5 Å². The monoisotopic (exact) mass is 432 g/mol. The Kier molecular flexibility index (Phi) is 5.48. The third-order valence-electron chi connectivity index (χ3n) is 6.10. The lowest BCUT2D eigenvalue weighted by Crippen LogP contribution is -2.49. The first-order valence-electron chi connectivity index (χ1n) is 10.2. The molecule has 2 fully saturated rings. The van der Waals surface area contributed by atoms with Crippen molar-refractivity contribution in [2.45, 2.75) is 26.3 Å². The topological polar surface area (TPSA) is 84.7 Å². The third kappa shape index (κ3) is 3.90. The molecule has 2 aliphatic heterocycles. The summed E-state index contributed by atoms with van der Waals surface area (Å²) in [5, 5.41) is 4.53. The number of sulfone groups is 1. The summed E-state index contributed by atoms with van der Waals surface area (Å²) in [6, 6.07) is 7.77. The van der Waals surface area contributed by atoms with E-state index >= 15 is 0 Å². The van der Waals surface area contributed by atoms with Crippen molar-refractivity contribution in [2.24, 2.45) is 0 Å². The van der Waals surface area contributed by atoms with Crippen LogP contribution in [0.1, 0.15) is 34.2 Å². The fourth-order valence-corrected chi connectivity index (χ4v) is 6.11. The fraction of sp³-hybridized carbons (Fsp3) is 0.524. The van der Waals surface area contributed by atoms with Crippen LogP contribution in [0, 0.1) is 13.8 Å². The van der Waals surface area contributed by atoms with Gasteiger partial charge in [-0.3, -0.25) is 9.48 Å². The molecule has 3 heterocycles. The van der Waals surface area contributed by atoms with E-state index in [0.717, 1.165) is 30.2 Å². The van der Waals surface area contributed by atoms with Gasteiger partial charge in [0.1, 0.15) is 5.75 Å². The van der Waals surface area contributed by atoms with Crippen LogP contribution in [0.2, 0.25) is 0 Å². The van der Waals surface area contributed by atoms with Gasteiger partial charge in [0.25, 0.3) is 5.91 Å². The Hall–Kier alpha value is -2.55. The largest absolute Gasteiger partial charge is 0.497 e. The summed E-state index contributed by atoms with van der Waals surface area (Å²) in [6.45, 7) is 6.47. The minimum Gasteiger partial charge on any atom is -0.497 e. The number of aryl methyl sites for hydroxylation is 1. The average Bonchev–Trinajstić information content (AvgIpc) is 3.25. The van der Waals surface area contributed by atoms with Crippen molar-refractivity contribution in [2.75, 3.05) is 49.7 Å². The minimum absolute atomic E-state index is 0.0218. The van der Waals surface area contributed by atoms with Gasteiger partial charge in [0, 0.05) is 37.6 Å². The van der Waals surface area contributed by atoms with E-state index in [4.69, 9.17) is 4.74 Å². The molecule has 4 rings (SSSR count). The Bertz CT molecular complexity index is 1040. The zero-order chi connectivity index (χ0) is 21.5. The van der Waals surface area contributed by atoms with E-state index in [1.165, 1.54) is 0 Å². The van der Waals surface area contributed by atoms with E-state index in [9.17, 15) is 13.2 Å². The molecule has 0 saturated carbocycles. The van der Waals surface area contributed by atoms with Gasteiger partial charge in [-0.15, -0.1) is 0 Å². The van der Waals surface area contributed by atoms with Crippen LogP contribution in [0.25, 0.3) is 0 Å². The summed E-state index contributed by atoms with van der Waals surface area (Å²) in [5.74, 6) is 1.09. The van der Waals surface area contributed by atoms with Gasteiger partial charge in [0.15, 0.2) is 9.84 Å². The number of hydrogen-bond acceptors (Lipinski definition) is 6. The average molecular weight is 433 g/mol. The minimum atomic E-state index is -3.01. The van der Waals surface area contributed by atoms with Gasteiger partial charge in [-0.25, -0.2) is 8.42 Å². The van der Waals surface area contributed by atoms with Gasteiger partial charge in [0.05, 0.1) is 35.9 Å². The van der Waals surface area contributed by atoms with Crippen LogP contribution in [0.4, 0.5) is 5.69 Å². The number of hydrogen-bond donors (Lipinski definition) is 0. The van der Waals surface area contributed by atoms with Gasteiger partial charge in [-0.05, 0) is 44.5 Å². The standard InChI is InChI=1S/C21H28N4O4S/c1-15-20(16(2)25(22-15)18-8-13-30(27,28)14-18)21(26)24-11-9-23(10-12-24)17-4-6-19(29-3)7-5-17/h4-7,18H,8-14H2,1-3H3. The second-order valence-electron chi connectivity index (χ2n) is 8.02. The number of rotatable bonds is 4. The SMILES string of the molecule is COc1ccc(N2CCN(C(=O)c3c(C)nn(C4CCS(=O)(=O)C4)c3C)CC2)cc1. The molecule has 1 atom stereocenters. The maximum absolute atomic E-state index is 13.2. The van der Waals surface area contributed by atoms with Gasteiger partial charge >= 0.3 is 0 Å². The summed E-state index contributed by atoms with van der Waals surface area (Å²) in [4.78, 5) is 17.4. The molecular weight excluding hydrogens is 404 g/mol. The molecule has 30 heavy (non-hydrogen) atoms. The summed E-state index contributed by atoms with van der Waals surface area (Å²) in [6.07, 6.45) is 0.554. The van der Waals surface area contributed by atoms with Crippen molar-refractivity contribution in [1.82, 2.24) is 14.7 Å². The highest BCUT2D eigenvalue weighted by molar-refractivity contribution is 7.91. The predicted octanol–water partition coefficient (Wildman–Crippen LogP) is 1.83. The lowest BCUT2D eigenvalue weighted by Gasteiger charge is -2.36. The van der Waals surface area contributed by atoms with Gasteiger partial charge in [-0.2, -0.15) is 5.10 Å². The maximum Gasteiger partial charge on any atom is 0.257 e. The Morgan fingerprint density at radius 3 is 2.33 bits per heavy atom. The number of nitrogens with zero attached hydrogens (tertiary/aromatic N) is 4. The zero-order valence-electron chi connectivity index (χ0n) is 17.7. The summed E-state index contributed by atoms with van der Waals surface area (Å²) in [7, 11) is -1.36. The van der Waals surface area contributed by atoms with Crippen molar-refractivity contribution in [1.29, 1.82) is 0 Å². The van der Waals surface area contributed by atoms with Crippen LogP contribution in [0.5, 0.6) is 5.75 Å². The smallest absolute Gasteiger partial charge is 0.257 e. The van der Waals surface area contributed by atoms with E-state index in [1.54, 1.807) is 11.8 Å². The quantitative estimate of drug-likeness (QED) is 0.733. The summed E-state index contributed by atoms with van der Waals surface area (Å²) in [5.41, 5.74) is 3.15. The normalized spacial score (nSPS) is 21.1. The number of carbonyl (C=O) groups is 1. The second-order valence-corrected chi connectivity index (χ2v) is 10.3. The molecule has 8 nitrogen and oxygen atoms in total. The van der Waals surface area contributed by atoms with Crippen molar-refractivity contribution >= 4 is 21.4 Å². The second kappa shape index (κ2) is 7.94. The molecule has 2 aromatic rings. The van der Waals surface area contributed by atoms with Crippen molar-refractivity contribution < 1.29 is 17.9 Å². The molecule has 162 valence electrons. The van der Waals surface area contributed by atoms with Crippen LogP contribution < -0.4 is 9.64 Å². The molecule has 1 aromatic heterocycles. The Morgan fingerprint density at radius 1 is 1.10 bits per heavy atom. The first-order chi connectivity index (χ1) is 14.3. The summed E-state index contributed by atoms with van der Waals surface area (Å²) >= 11 is 0.